The van der Waals surface area contributed by atoms with Crippen LogP contribution in [0.2, 0.25) is 0 Å². The molecule has 0 fully saturated rings. The molecule has 0 aliphatic heterocycles. The van der Waals surface area contributed by atoms with Crippen LogP contribution < -0.4 is 4.90 Å². The fourth-order valence-corrected chi connectivity index (χ4v) is 2.11. The van der Waals surface area contributed by atoms with Crippen LogP contribution in [0.1, 0.15) is 36.8 Å². The molecule has 0 heterocycles. The van der Waals surface area contributed by atoms with Gasteiger partial charge in [0.15, 0.2) is 0 Å². The Morgan fingerprint density at radius 3 is 2.12 bits per heavy atom. The summed E-state index contributed by atoms with van der Waals surface area (Å²) in [4.78, 5) is 2.32. The van der Waals surface area contributed by atoms with Crippen molar-refractivity contribution in [3.8, 4) is 0 Å². The molecule has 0 unspecified atom stereocenters. The number of aliphatic hydroxyl groups excluding tert-OH is 1. The van der Waals surface area contributed by atoms with Gasteiger partial charge in [0.2, 0.25) is 0 Å². The largest absolute Gasteiger partial charge is 0.396 e. The normalized spacial score (nSPS) is 10.6. The Kier molecular flexibility index (Phi) is 6.06. The van der Waals surface area contributed by atoms with Crippen LogP contribution in [0.25, 0.3) is 0 Å². The second-order valence-corrected chi connectivity index (χ2v) is 4.91. The summed E-state index contributed by atoms with van der Waals surface area (Å²) in [6, 6.07) is 6.68. The van der Waals surface area contributed by atoms with E-state index in [-0.39, 0.29) is 0 Å². The Hall–Kier alpha value is -1.02. The molecule has 0 saturated carbocycles. The van der Waals surface area contributed by atoms with Crippen LogP contribution >= 0.6 is 0 Å². The van der Waals surface area contributed by atoms with Crippen molar-refractivity contribution in [3.63, 3.8) is 0 Å². The number of benzene rings is 1. The van der Waals surface area contributed by atoms with Crippen molar-refractivity contribution in [1.29, 1.82) is 0 Å². The number of hydrogen-bond donors (Lipinski definition) is 1. The fourth-order valence-electron chi connectivity index (χ4n) is 2.11. The Bertz CT molecular complexity index is 315. The molecule has 0 aliphatic carbocycles. The monoisotopic (exact) mass is 235 g/mol. The zero-order valence-corrected chi connectivity index (χ0v) is 11.4. The van der Waals surface area contributed by atoms with Crippen LogP contribution in [-0.2, 0) is 0 Å². The molecule has 0 atom stereocenters. The number of unbranched alkanes of at least 4 members (excludes halogenated alkanes) is 3. The van der Waals surface area contributed by atoms with E-state index in [9.17, 15) is 0 Å². The molecule has 0 saturated heterocycles. The predicted molar refractivity (Wildman–Crippen MR) is 74.7 cm³/mol. The first-order chi connectivity index (χ1) is 8.13. The minimum Gasteiger partial charge on any atom is -0.396 e. The molecular formula is C15H25NO. The highest BCUT2D eigenvalue weighted by molar-refractivity contribution is 5.50. The van der Waals surface area contributed by atoms with Crippen LogP contribution in [-0.4, -0.2) is 25.3 Å². The number of nitrogens with zero attached hydrogens (tertiary/aromatic N) is 1. The van der Waals surface area contributed by atoms with E-state index in [0.717, 1.165) is 19.4 Å². The maximum atomic E-state index is 8.70. The molecule has 17 heavy (non-hydrogen) atoms. The number of aliphatic hydroxyl groups is 1. The number of anilines is 1. The van der Waals surface area contributed by atoms with Crippen LogP contribution in [0.15, 0.2) is 18.2 Å². The van der Waals surface area contributed by atoms with Gasteiger partial charge in [0.05, 0.1) is 0 Å². The first-order valence-electron chi connectivity index (χ1n) is 6.54. The zero-order chi connectivity index (χ0) is 12.7. The molecule has 1 aromatic rings. The van der Waals surface area contributed by atoms with Gasteiger partial charge in [0.1, 0.15) is 0 Å². The SMILES string of the molecule is Cc1cc(C)cc(N(C)CCCCCCO)c1. The molecule has 0 spiro atoms. The van der Waals surface area contributed by atoms with E-state index in [2.05, 4.69) is 44.0 Å². The van der Waals surface area contributed by atoms with Crippen molar-refractivity contribution in [2.45, 2.75) is 39.5 Å². The van der Waals surface area contributed by atoms with Crippen LogP contribution in [0, 0.1) is 13.8 Å². The molecule has 0 bridgehead atoms. The molecule has 0 aliphatic rings. The predicted octanol–water partition coefficient (Wildman–Crippen LogP) is 3.29. The molecule has 2 heteroatoms. The molecule has 0 radical (unpaired) electrons. The summed E-state index contributed by atoms with van der Waals surface area (Å²) in [5.41, 5.74) is 3.96. The molecule has 0 amide bonds. The molecule has 1 aromatic carbocycles. The van der Waals surface area contributed by atoms with E-state index in [4.69, 9.17) is 5.11 Å². The summed E-state index contributed by atoms with van der Waals surface area (Å²) >= 11 is 0. The van der Waals surface area contributed by atoms with Crippen molar-refractivity contribution in [3.05, 3.63) is 29.3 Å². The summed E-state index contributed by atoms with van der Waals surface area (Å²) in [6.45, 7) is 5.71. The fraction of sp³-hybridized carbons (Fsp3) is 0.600. The lowest BCUT2D eigenvalue weighted by Gasteiger charge is -2.20. The summed E-state index contributed by atoms with van der Waals surface area (Å²) in [7, 11) is 2.15. The summed E-state index contributed by atoms with van der Waals surface area (Å²) in [5, 5.41) is 8.70. The Balaban J connectivity index is 2.38. The average Bonchev–Trinajstić information content (AvgIpc) is 2.27. The first-order valence-corrected chi connectivity index (χ1v) is 6.54. The van der Waals surface area contributed by atoms with Gasteiger partial charge >= 0.3 is 0 Å². The minimum absolute atomic E-state index is 0.326. The van der Waals surface area contributed by atoms with E-state index in [1.165, 1.54) is 29.7 Å². The van der Waals surface area contributed by atoms with Crippen molar-refractivity contribution < 1.29 is 5.11 Å². The van der Waals surface area contributed by atoms with Crippen molar-refractivity contribution >= 4 is 5.69 Å². The number of hydrogen-bond acceptors (Lipinski definition) is 2. The Labute approximate surface area is 105 Å². The van der Waals surface area contributed by atoms with E-state index >= 15 is 0 Å². The smallest absolute Gasteiger partial charge is 0.0431 e. The topological polar surface area (TPSA) is 23.5 Å². The van der Waals surface area contributed by atoms with Crippen LogP contribution in [0.5, 0.6) is 0 Å². The van der Waals surface area contributed by atoms with E-state index < -0.39 is 0 Å². The van der Waals surface area contributed by atoms with Gasteiger partial charge < -0.3 is 10.0 Å². The van der Waals surface area contributed by atoms with Gasteiger partial charge in [-0.25, -0.2) is 0 Å². The third-order valence-corrected chi connectivity index (χ3v) is 3.05. The lowest BCUT2D eigenvalue weighted by Crippen LogP contribution is -2.18. The van der Waals surface area contributed by atoms with Gasteiger partial charge in [-0.1, -0.05) is 18.9 Å². The van der Waals surface area contributed by atoms with E-state index in [0.29, 0.717) is 6.61 Å². The van der Waals surface area contributed by atoms with E-state index in [1.807, 2.05) is 0 Å². The molecule has 96 valence electrons. The molecule has 1 rings (SSSR count). The molecule has 1 N–H and O–H groups in total. The third-order valence-electron chi connectivity index (χ3n) is 3.05. The van der Waals surface area contributed by atoms with Gasteiger partial charge in [-0.2, -0.15) is 0 Å². The molecule has 0 aromatic heterocycles. The molecular weight excluding hydrogens is 210 g/mol. The summed E-state index contributed by atoms with van der Waals surface area (Å²) < 4.78 is 0. The van der Waals surface area contributed by atoms with Crippen LogP contribution in [0.4, 0.5) is 5.69 Å². The van der Waals surface area contributed by atoms with Gasteiger partial charge in [-0.05, 0) is 49.9 Å². The molecule has 2 nitrogen and oxygen atoms in total. The van der Waals surface area contributed by atoms with Gasteiger partial charge in [0.25, 0.3) is 0 Å². The third kappa shape index (κ3) is 5.22. The first kappa shape index (κ1) is 14.0. The zero-order valence-electron chi connectivity index (χ0n) is 11.4. The van der Waals surface area contributed by atoms with Crippen molar-refractivity contribution in [2.24, 2.45) is 0 Å². The van der Waals surface area contributed by atoms with Crippen LogP contribution in [0.3, 0.4) is 0 Å². The van der Waals surface area contributed by atoms with Gasteiger partial charge in [-0.15, -0.1) is 0 Å². The number of aryl methyl sites for hydroxylation is 2. The number of rotatable bonds is 7. The van der Waals surface area contributed by atoms with Gasteiger partial charge in [0, 0.05) is 25.9 Å². The second-order valence-electron chi connectivity index (χ2n) is 4.91. The van der Waals surface area contributed by atoms with E-state index in [1.54, 1.807) is 0 Å². The maximum absolute atomic E-state index is 8.70. The lowest BCUT2D eigenvalue weighted by atomic mass is 10.1. The highest BCUT2D eigenvalue weighted by Crippen LogP contribution is 2.18. The summed E-state index contributed by atoms with van der Waals surface area (Å²) in [6.07, 6.45) is 4.48. The standard InChI is InChI=1S/C15H25NO/c1-13-10-14(2)12-15(11-13)16(3)8-6-4-5-7-9-17/h10-12,17H,4-9H2,1-3H3. The highest BCUT2D eigenvalue weighted by Gasteiger charge is 2.02. The quantitative estimate of drug-likeness (QED) is 0.733. The minimum atomic E-state index is 0.326. The van der Waals surface area contributed by atoms with Crippen molar-refractivity contribution in [1.82, 2.24) is 0 Å². The van der Waals surface area contributed by atoms with Crippen molar-refractivity contribution in [2.75, 3.05) is 25.1 Å². The second kappa shape index (κ2) is 7.33. The highest BCUT2D eigenvalue weighted by atomic mass is 16.2. The summed E-state index contributed by atoms with van der Waals surface area (Å²) in [5.74, 6) is 0. The lowest BCUT2D eigenvalue weighted by molar-refractivity contribution is 0.282. The average molecular weight is 235 g/mol. The Morgan fingerprint density at radius 2 is 1.53 bits per heavy atom. The van der Waals surface area contributed by atoms with Gasteiger partial charge in [-0.3, -0.25) is 0 Å². The Morgan fingerprint density at radius 1 is 0.941 bits per heavy atom. The maximum Gasteiger partial charge on any atom is 0.0431 e.